The third-order valence-corrected chi connectivity index (χ3v) is 6.29. The van der Waals surface area contributed by atoms with E-state index in [0.29, 0.717) is 12.8 Å². The maximum atomic E-state index is 13.1. The van der Waals surface area contributed by atoms with Gasteiger partial charge in [-0.05, 0) is 37.1 Å². The molecule has 7 nitrogen and oxygen atoms in total. The number of carbonyl (C=O) groups excluding carboxylic acids is 2. The lowest BCUT2D eigenvalue weighted by molar-refractivity contribution is -0.122. The zero-order valence-electron chi connectivity index (χ0n) is 13.1. The normalized spacial score (nSPS) is 24.8. The molecule has 0 saturated carbocycles. The number of urea groups is 1. The Kier molecular flexibility index (Phi) is 4.31. The lowest BCUT2D eigenvalue weighted by atomic mass is 10.1. The molecule has 9 heteroatoms. The second-order valence-electron chi connectivity index (χ2n) is 5.87. The molecule has 0 bridgehead atoms. The van der Waals surface area contributed by atoms with E-state index < -0.39 is 39.9 Å². The summed E-state index contributed by atoms with van der Waals surface area (Å²) in [4.78, 5) is 26.0. The van der Waals surface area contributed by atoms with Gasteiger partial charge in [-0.15, -0.1) is 0 Å². The van der Waals surface area contributed by atoms with Crippen LogP contribution in [0, 0.1) is 5.82 Å². The van der Waals surface area contributed by atoms with Crippen LogP contribution in [0.3, 0.4) is 0 Å². The van der Waals surface area contributed by atoms with E-state index in [9.17, 15) is 22.4 Å². The van der Waals surface area contributed by atoms with E-state index in [0.717, 1.165) is 17.0 Å². The van der Waals surface area contributed by atoms with Gasteiger partial charge in [0.15, 0.2) is 0 Å². The van der Waals surface area contributed by atoms with E-state index >= 15 is 0 Å². The maximum absolute atomic E-state index is 13.1. The minimum atomic E-state index is -3.57. The van der Waals surface area contributed by atoms with Crippen molar-refractivity contribution in [3.05, 3.63) is 30.1 Å². The quantitative estimate of drug-likeness (QED) is 0.875. The Morgan fingerprint density at radius 3 is 2.54 bits per heavy atom. The molecular weight excluding hydrogens is 337 g/mol. The van der Waals surface area contributed by atoms with Crippen molar-refractivity contribution in [1.82, 2.24) is 9.62 Å². The van der Waals surface area contributed by atoms with Crippen molar-refractivity contribution < 1.29 is 22.4 Å². The standard InChI is InChI=1S/C15H18FN3O4S/c1-2-9-24(22,23)18-8-7-12-13(18)14(20)19(15(21)17-12)11-5-3-10(16)4-6-11/h3-6,12-13H,2,7-9H2,1H3,(H,17,21). The van der Waals surface area contributed by atoms with E-state index in [1.807, 2.05) is 0 Å². The molecule has 2 saturated heterocycles. The van der Waals surface area contributed by atoms with Crippen molar-refractivity contribution in [1.29, 1.82) is 0 Å². The van der Waals surface area contributed by atoms with Crippen LogP contribution in [-0.2, 0) is 14.8 Å². The van der Waals surface area contributed by atoms with Crippen molar-refractivity contribution in [2.75, 3.05) is 17.2 Å². The summed E-state index contributed by atoms with van der Waals surface area (Å²) in [5, 5.41) is 2.68. The van der Waals surface area contributed by atoms with Crippen molar-refractivity contribution in [3.63, 3.8) is 0 Å². The average Bonchev–Trinajstić information content (AvgIpc) is 2.94. The topological polar surface area (TPSA) is 86.8 Å². The molecule has 1 aromatic rings. The van der Waals surface area contributed by atoms with Gasteiger partial charge in [0.2, 0.25) is 10.0 Å². The van der Waals surface area contributed by atoms with Crippen LogP contribution >= 0.6 is 0 Å². The fourth-order valence-corrected chi connectivity index (χ4v) is 4.90. The Balaban J connectivity index is 1.94. The Bertz CT molecular complexity index is 765. The van der Waals surface area contributed by atoms with Crippen LogP contribution in [0.4, 0.5) is 14.9 Å². The monoisotopic (exact) mass is 355 g/mol. The van der Waals surface area contributed by atoms with Crippen LogP contribution in [0.25, 0.3) is 0 Å². The van der Waals surface area contributed by atoms with E-state index in [2.05, 4.69) is 5.32 Å². The van der Waals surface area contributed by atoms with Gasteiger partial charge in [0.05, 0.1) is 17.5 Å². The minimum absolute atomic E-state index is 0.0476. The molecule has 1 N–H and O–H groups in total. The van der Waals surface area contributed by atoms with Gasteiger partial charge in [0.25, 0.3) is 5.91 Å². The van der Waals surface area contributed by atoms with Gasteiger partial charge in [-0.25, -0.2) is 22.5 Å². The van der Waals surface area contributed by atoms with Crippen LogP contribution in [-0.4, -0.2) is 49.0 Å². The van der Waals surface area contributed by atoms with Crippen LogP contribution in [0.1, 0.15) is 19.8 Å². The van der Waals surface area contributed by atoms with E-state index in [1.165, 1.54) is 16.4 Å². The third kappa shape index (κ3) is 2.78. The molecular formula is C15H18FN3O4S. The zero-order valence-corrected chi connectivity index (χ0v) is 13.9. The first kappa shape index (κ1) is 16.8. The van der Waals surface area contributed by atoms with Crippen molar-refractivity contribution in [2.45, 2.75) is 31.8 Å². The first-order valence-electron chi connectivity index (χ1n) is 7.74. The number of hydrogen-bond acceptors (Lipinski definition) is 4. The second kappa shape index (κ2) is 6.14. The Labute approximate surface area is 139 Å². The summed E-state index contributed by atoms with van der Waals surface area (Å²) in [7, 11) is -3.57. The Morgan fingerprint density at radius 2 is 1.92 bits per heavy atom. The van der Waals surface area contributed by atoms with E-state index in [4.69, 9.17) is 0 Å². The summed E-state index contributed by atoms with van der Waals surface area (Å²) in [6.07, 6.45) is 0.834. The molecule has 3 rings (SSSR count). The van der Waals surface area contributed by atoms with Crippen LogP contribution in [0.2, 0.25) is 0 Å². The summed E-state index contributed by atoms with van der Waals surface area (Å²) in [5.74, 6) is -1.14. The Morgan fingerprint density at radius 1 is 1.25 bits per heavy atom. The SMILES string of the molecule is CCCS(=O)(=O)N1CCC2NC(=O)N(c3ccc(F)cc3)C(=O)C21. The van der Waals surface area contributed by atoms with Gasteiger partial charge in [0.1, 0.15) is 11.9 Å². The van der Waals surface area contributed by atoms with Crippen LogP contribution < -0.4 is 10.2 Å². The predicted octanol–water partition coefficient (Wildman–Crippen LogP) is 1.06. The number of anilines is 1. The first-order chi connectivity index (χ1) is 11.3. The molecule has 2 unspecified atom stereocenters. The highest BCUT2D eigenvalue weighted by Crippen LogP contribution is 2.29. The highest BCUT2D eigenvalue weighted by molar-refractivity contribution is 7.89. The lowest BCUT2D eigenvalue weighted by Gasteiger charge is -2.36. The maximum Gasteiger partial charge on any atom is 0.329 e. The molecule has 2 atom stereocenters. The summed E-state index contributed by atoms with van der Waals surface area (Å²) in [5.41, 5.74) is 0.206. The second-order valence-corrected chi connectivity index (χ2v) is 7.91. The molecule has 1 aromatic carbocycles. The van der Waals surface area contributed by atoms with Crippen LogP contribution in [0.5, 0.6) is 0 Å². The summed E-state index contributed by atoms with van der Waals surface area (Å²) >= 11 is 0. The summed E-state index contributed by atoms with van der Waals surface area (Å²) < 4.78 is 39.0. The average molecular weight is 355 g/mol. The molecule has 0 aliphatic carbocycles. The summed E-state index contributed by atoms with van der Waals surface area (Å²) in [6.45, 7) is 1.95. The van der Waals surface area contributed by atoms with Gasteiger partial charge in [-0.1, -0.05) is 6.92 Å². The number of nitrogens with zero attached hydrogens (tertiary/aromatic N) is 2. The van der Waals surface area contributed by atoms with Gasteiger partial charge in [0, 0.05) is 6.54 Å². The smallest absolute Gasteiger partial charge is 0.329 e. The fourth-order valence-electron chi connectivity index (χ4n) is 3.19. The van der Waals surface area contributed by atoms with E-state index in [1.54, 1.807) is 6.92 Å². The number of amides is 3. The van der Waals surface area contributed by atoms with Gasteiger partial charge < -0.3 is 5.32 Å². The summed E-state index contributed by atoms with van der Waals surface area (Å²) in [6, 6.07) is 2.80. The van der Waals surface area contributed by atoms with Gasteiger partial charge in [-0.2, -0.15) is 4.31 Å². The molecule has 2 heterocycles. The molecule has 0 spiro atoms. The number of fused-ring (bicyclic) bond motifs is 1. The van der Waals surface area contributed by atoms with E-state index in [-0.39, 0.29) is 18.0 Å². The van der Waals surface area contributed by atoms with Gasteiger partial charge >= 0.3 is 6.03 Å². The van der Waals surface area contributed by atoms with Crippen LogP contribution in [0.15, 0.2) is 24.3 Å². The van der Waals surface area contributed by atoms with Gasteiger partial charge in [-0.3, -0.25) is 4.79 Å². The number of halogens is 1. The molecule has 24 heavy (non-hydrogen) atoms. The molecule has 0 radical (unpaired) electrons. The lowest BCUT2D eigenvalue weighted by Crippen LogP contribution is -2.65. The number of benzene rings is 1. The number of nitrogens with one attached hydrogen (secondary N) is 1. The predicted molar refractivity (Wildman–Crippen MR) is 85.4 cm³/mol. The molecule has 0 aromatic heterocycles. The first-order valence-corrected chi connectivity index (χ1v) is 9.35. The number of sulfonamides is 1. The highest BCUT2D eigenvalue weighted by Gasteiger charge is 2.51. The largest absolute Gasteiger partial charge is 0.332 e. The fraction of sp³-hybridized carbons (Fsp3) is 0.467. The number of hydrogen-bond donors (Lipinski definition) is 1. The molecule has 2 aliphatic heterocycles. The van der Waals surface area contributed by atoms with Crippen molar-refractivity contribution in [3.8, 4) is 0 Å². The number of carbonyl (C=O) groups is 2. The third-order valence-electron chi connectivity index (χ3n) is 4.24. The molecule has 130 valence electrons. The number of rotatable bonds is 4. The highest BCUT2D eigenvalue weighted by atomic mass is 32.2. The number of imide groups is 1. The Hall–Kier alpha value is -2.00. The molecule has 2 aliphatic rings. The molecule has 2 fully saturated rings. The molecule has 3 amide bonds. The van der Waals surface area contributed by atoms with Crippen molar-refractivity contribution in [2.24, 2.45) is 0 Å². The zero-order chi connectivity index (χ0) is 17.5. The van der Waals surface area contributed by atoms with Crippen molar-refractivity contribution >= 4 is 27.6 Å². The minimum Gasteiger partial charge on any atom is -0.332 e.